The van der Waals surface area contributed by atoms with E-state index in [1.165, 1.54) is 283 Å². The first-order valence-electron chi connectivity index (χ1n) is 41.6. The van der Waals surface area contributed by atoms with Gasteiger partial charge >= 0.3 is 0 Å². The lowest BCUT2D eigenvalue weighted by atomic mass is 9.96. The van der Waals surface area contributed by atoms with Crippen LogP contribution in [0, 0.1) is 0 Å². The van der Waals surface area contributed by atoms with Crippen LogP contribution < -0.4 is 5.32 Å². The molecule has 0 aromatic rings. The first-order valence-corrected chi connectivity index (χ1v) is 41.6. The summed E-state index contributed by atoms with van der Waals surface area (Å²) < 4.78 is 34.5. The zero-order valence-corrected chi connectivity index (χ0v) is 63.2. The van der Waals surface area contributed by atoms with E-state index in [1.54, 1.807) is 6.08 Å². The van der Waals surface area contributed by atoms with Gasteiger partial charge < -0.3 is 89.9 Å². The fourth-order valence-corrected chi connectivity index (χ4v) is 14.3. The molecule has 0 saturated carbocycles. The Morgan fingerprint density at radius 2 is 0.640 bits per heavy atom. The van der Waals surface area contributed by atoms with Gasteiger partial charge in [0.25, 0.3) is 0 Å². The Hall–Kier alpha value is -1.73. The molecule has 0 aromatic carbocycles. The van der Waals surface area contributed by atoms with Gasteiger partial charge in [0.15, 0.2) is 18.9 Å². The number of carbonyl (C=O) groups excluding carboxylic acids is 1. The van der Waals surface area contributed by atoms with Crippen LogP contribution in [0.3, 0.4) is 0 Å². The third kappa shape index (κ3) is 42.0. The van der Waals surface area contributed by atoms with Crippen molar-refractivity contribution in [2.75, 3.05) is 26.4 Å². The molecule has 0 aliphatic carbocycles. The number of aliphatic hydroxyl groups is 11. The van der Waals surface area contributed by atoms with Gasteiger partial charge in [-0.3, -0.25) is 4.79 Å². The van der Waals surface area contributed by atoms with Gasteiger partial charge in [0, 0.05) is 6.42 Å². The van der Waals surface area contributed by atoms with Crippen LogP contribution in [0.2, 0.25) is 0 Å². The second-order valence-corrected chi connectivity index (χ2v) is 29.9. The maximum atomic E-state index is 13.5. The summed E-state index contributed by atoms with van der Waals surface area (Å²) in [6.07, 6.45) is 49.0. The Morgan fingerprint density at radius 3 is 1.00 bits per heavy atom. The average Bonchev–Trinajstić information content (AvgIpc) is 0.782. The highest BCUT2D eigenvalue weighted by Gasteiger charge is 2.54. The minimum absolute atomic E-state index is 0.241. The van der Waals surface area contributed by atoms with Crippen molar-refractivity contribution in [1.29, 1.82) is 0 Å². The number of aliphatic hydroxyl groups excluding tert-OH is 11. The lowest BCUT2D eigenvalue weighted by molar-refractivity contribution is -0.379. The van der Waals surface area contributed by atoms with Gasteiger partial charge in [-0.2, -0.15) is 0 Å². The summed E-state index contributed by atoms with van der Waals surface area (Å²) in [4.78, 5) is 13.5. The largest absolute Gasteiger partial charge is 0.394 e. The number of hydrogen-bond donors (Lipinski definition) is 12. The quantitative estimate of drug-likeness (QED) is 0.0199. The SMILES string of the molecule is CCCCCCCCCCCCCCCCCCCCCCCCCCC/C=C/CC/C=C/C(O)C(COC1OC(CO)C(OC2OC(CO)C(OC3OC(CO)C(O)C(O)C3O)C(O)C2O)C(O)C1O)NC(=O)CCCCCCCCCCCCCCCCCCCCCCCCCC. The van der Waals surface area contributed by atoms with E-state index in [0.717, 1.165) is 38.5 Å². The Morgan fingerprint density at radius 1 is 0.350 bits per heavy atom. The normalized spacial score (nSPS) is 26.5. The predicted molar refractivity (Wildman–Crippen MR) is 397 cm³/mol. The van der Waals surface area contributed by atoms with Gasteiger partial charge in [0.1, 0.15) is 73.2 Å². The van der Waals surface area contributed by atoms with Crippen molar-refractivity contribution < 1.29 is 89.4 Å². The third-order valence-corrected chi connectivity index (χ3v) is 21.0. The number of hydrogen-bond acceptors (Lipinski definition) is 18. The molecular weight excluding hydrogens is 1270 g/mol. The smallest absolute Gasteiger partial charge is 0.220 e. The molecule has 17 unspecified atom stereocenters. The second-order valence-electron chi connectivity index (χ2n) is 29.9. The molecule has 3 rings (SSSR count). The van der Waals surface area contributed by atoms with E-state index in [-0.39, 0.29) is 18.9 Å². The molecule has 19 nitrogen and oxygen atoms in total. The highest BCUT2D eigenvalue weighted by atomic mass is 16.8. The lowest BCUT2D eigenvalue weighted by Crippen LogP contribution is -2.66. The molecule has 3 aliphatic heterocycles. The van der Waals surface area contributed by atoms with Gasteiger partial charge in [-0.25, -0.2) is 0 Å². The number of carbonyl (C=O) groups is 1. The van der Waals surface area contributed by atoms with Crippen molar-refractivity contribution in [2.45, 2.75) is 458 Å². The zero-order chi connectivity index (χ0) is 72.5. The lowest BCUT2D eigenvalue weighted by Gasteiger charge is -2.48. The van der Waals surface area contributed by atoms with E-state index in [2.05, 4.69) is 31.3 Å². The minimum atomic E-state index is -1.98. The summed E-state index contributed by atoms with van der Waals surface area (Å²) in [5.74, 6) is -0.277. The molecule has 17 atom stereocenters. The van der Waals surface area contributed by atoms with Crippen molar-refractivity contribution in [1.82, 2.24) is 5.32 Å². The summed E-state index contributed by atoms with van der Waals surface area (Å²) in [7, 11) is 0. The first kappa shape index (κ1) is 92.5. The van der Waals surface area contributed by atoms with E-state index in [9.17, 15) is 61.0 Å². The molecule has 3 aliphatic rings. The first-order chi connectivity index (χ1) is 48.8. The fourth-order valence-electron chi connectivity index (χ4n) is 14.3. The number of rotatable bonds is 67. The van der Waals surface area contributed by atoms with Crippen molar-refractivity contribution in [3.8, 4) is 0 Å². The maximum absolute atomic E-state index is 13.5. The zero-order valence-electron chi connectivity index (χ0n) is 63.2. The summed E-state index contributed by atoms with van der Waals surface area (Å²) in [5, 5.41) is 121. The molecule has 3 saturated heterocycles. The topological polar surface area (TPSA) is 307 Å². The predicted octanol–water partition coefficient (Wildman–Crippen LogP) is 14.1. The Labute approximate surface area is 607 Å². The average molecular weight is 1430 g/mol. The van der Waals surface area contributed by atoms with Gasteiger partial charge in [-0.1, -0.05) is 340 Å². The molecule has 0 spiro atoms. The van der Waals surface area contributed by atoms with Crippen molar-refractivity contribution in [2.24, 2.45) is 0 Å². The highest BCUT2D eigenvalue weighted by Crippen LogP contribution is 2.33. The van der Waals surface area contributed by atoms with Crippen LogP contribution in [0.25, 0.3) is 0 Å². The Bertz CT molecular complexity index is 1900. The molecule has 100 heavy (non-hydrogen) atoms. The third-order valence-electron chi connectivity index (χ3n) is 21.0. The number of nitrogens with one attached hydrogen (secondary N) is 1. The standard InChI is InChI=1S/C81H153NO18/c1-3-5-7-9-11-13-15-17-19-21-23-25-27-29-30-31-32-33-34-35-36-38-40-42-44-46-48-50-52-54-56-58-65(86)64(82-69(87)59-57-55-53-51-49-47-45-43-41-39-37-28-26-24-22-20-18-16-14-12-10-8-6-4-2)63-95-79-75(93)72(90)77(67(61-84)97-79)100-81-76(94)73(91)78(68(62-85)98-81)99-80-74(92)71(89)70(88)66(60-83)96-80/h48,50,56,58,64-68,70-81,83-86,88-94H,3-47,49,51-55,57,59-63H2,1-2H3,(H,82,87)/b50-48+,58-56+. The van der Waals surface area contributed by atoms with Gasteiger partial charge in [-0.05, 0) is 32.1 Å². The molecule has 0 bridgehead atoms. The van der Waals surface area contributed by atoms with Crippen molar-refractivity contribution in [3.63, 3.8) is 0 Å². The molecule has 12 N–H and O–H groups in total. The number of ether oxygens (including phenoxy) is 6. The summed E-state index contributed by atoms with van der Waals surface area (Å²) >= 11 is 0. The van der Waals surface area contributed by atoms with Crippen molar-refractivity contribution >= 4 is 5.91 Å². The Kier molecular flexibility index (Phi) is 57.6. The molecule has 0 aromatic heterocycles. The van der Waals surface area contributed by atoms with Crippen LogP contribution >= 0.6 is 0 Å². The van der Waals surface area contributed by atoms with Crippen molar-refractivity contribution in [3.05, 3.63) is 24.3 Å². The van der Waals surface area contributed by atoms with Gasteiger partial charge in [-0.15, -0.1) is 0 Å². The molecule has 3 fully saturated rings. The molecule has 0 radical (unpaired) electrons. The molecular formula is C81H153NO18. The van der Waals surface area contributed by atoms with Crippen LogP contribution in [0.15, 0.2) is 24.3 Å². The summed E-state index contributed by atoms with van der Waals surface area (Å²) in [5.41, 5.74) is 0. The van der Waals surface area contributed by atoms with E-state index >= 15 is 0 Å². The maximum Gasteiger partial charge on any atom is 0.220 e. The molecule has 19 heteroatoms. The van der Waals surface area contributed by atoms with E-state index in [0.29, 0.717) is 12.8 Å². The highest BCUT2D eigenvalue weighted by molar-refractivity contribution is 5.76. The van der Waals surface area contributed by atoms with Crippen LogP contribution in [0.5, 0.6) is 0 Å². The molecule has 1 amide bonds. The van der Waals surface area contributed by atoms with Crippen LogP contribution in [-0.2, 0) is 33.2 Å². The summed E-state index contributed by atoms with van der Waals surface area (Å²) in [6.45, 7) is 1.78. The summed E-state index contributed by atoms with van der Waals surface area (Å²) in [6, 6.07) is -0.988. The molecule has 3 heterocycles. The minimum Gasteiger partial charge on any atom is -0.394 e. The fraction of sp³-hybridized carbons (Fsp3) is 0.938. The Balaban J connectivity index is 1.37. The second kappa shape index (κ2) is 62.3. The van der Waals surface area contributed by atoms with E-state index < -0.39 is 124 Å². The van der Waals surface area contributed by atoms with Crippen LogP contribution in [0.4, 0.5) is 0 Å². The van der Waals surface area contributed by atoms with Gasteiger partial charge in [0.05, 0.1) is 38.6 Å². The van der Waals surface area contributed by atoms with E-state index in [4.69, 9.17) is 28.4 Å². The van der Waals surface area contributed by atoms with Crippen LogP contribution in [-0.4, -0.2) is 193 Å². The number of amides is 1. The van der Waals surface area contributed by atoms with Gasteiger partial charge in [0.2, 0.25) is 5.91 Å². The number of allylic oxidation sites excluding steroid dienone is 3. The van der Waals surface area contributed by atoms with Crippen LogP contribution in [0.1, 0.15) is 354 Å². The number of unbranched alkanes of at least 4 members (excludes halogenated alkanes) is 49. The molecule has 590 valence electrons. The van der Waals surface area contributed by atoms with E-state index in [1.807, 2.05) is 6.08 Å². The monoisotopic (exact) mass is 1430 g/mol.